The predicted molar refractivity (Wildman–Crippen MR) is 192 cm³/mol. The van der Waals surface area contributed by atoms with Crippen LogP contribution in [0, 0.1) is 16.0 Å². The molecule has 12 nitrogen and oxygen atoms in total. The summed E-state index contributed by atoms with van der Waals surface area (Å²) < 4.78 is 11.3. The number of carbonyl (C=O) groups is 3. The lowest BCUT2D eigenvalue weighted by Crippen LogP contribution is -2.56. The Morgan fingerprint density at radius 3 is 2.06 bits per heavy atom. The number of esters is 1. The maximum Gasteiger partial charge on any atom is 0.413 e. The Morgan fingerprint density at radius 2 is 1.51 bits per heavy atom. The first-order chi connectivity index (χ1) is 24.5. The molecular weight excluding hydrogens is 650 g/mol. The molecule has 2 amide bonds. The molecule has 1 saturated heterocycles. The number of allylic oxidation sites excluding steroid dienone is 3. The highest BCUT2D eigenvalue weighted by atomic mass is 16.6. The van der Waals surface area contributed by atoms with E-state index in [1.54, 1.807) is 31.7 Å². The molecule has 2 unspecified atom stereocenters. The number of carbonyl (C=O) groups excluding carboxylic acids is 3. The van der Waals surface area contributed by atoms with Crippen molar-refractivity contribution in [2.24, 2.45) is 5.92 Å². The second-order valence-electron chi connectivity index (χ2n) is 13.0. The van der Waals surface area contributed by atoms with E-state index in [0.717, 1.165) is 0 Å². The molecule has 268 valence electrons. The molecule has 2 N–H and O–H groups in total. The Labute approximate surface area is 298 Å². The molecule has 0 radical (unpaired) electrons. The summed E-state index contributed by atoms with van der Waals surface area (Å²) in [6.07, 6.45) is -0.886. The molecule has 5 rings (SSSR count). The van der Waals surface area contributed by atoms with Crippen LogP contribution in [-0.4, -0.2) is 71.5 Å². The van der Waals surface area contributed by atoms with Crippen LogP contribution >= 0.6 is 0 Å². The monoisotopic (exact) mass is 695 g/mol. The summed E-state index contributed by atoms with van der Waals surface area (Å²) >= 11 is 0. The van der Waals surface area contributed by atoms with E-state index in [9.17, 15) is 24.5 Å². The minimum absolute atomic E-state index is 0.0375. The van der Waals surface area contributed by atoms with Crippen LogP contribution in [0.25, 0.3) is 0 Å². The van der Waals surface area contributed by atoms with Crippen molar-refractivity contribution >= 4 is 23.7 Å². The fourth-order valence-corrected chi connectivity index (χ4v) is 6.78. The summed E-state index contributed by atoms with van der Waals surface area (Å²) in [4.78, 5) is 56.1. The standard InChI is InChI=1S/C39H45N5O7/c1-6-50-38(46)32-26(4)40-27(5)36(33(32)30-18-13-19-31(24-30)44(48)49)51-39(47)41-34(25(2)3)37(45)43-22-20-42(21-23-43)35(28-14-9-7-10-15-28)29-16-11-8-12-17-29/h7-19,24-25,33-35,40H,6,20-23H2,1-5H3,(H,41,47). The summed E-state index contributed by atoms with van der Waals surface area (Å²) in [5.74, 6) is -2.06. The van der Waals surface area contributed by atoms with Crippen molar-refractivity contribution in [3.63, 3.8) is 0 Å². The van der Waals surface area contributed by atoms with Gasteiger partial charge in [0.2, 0.25) is 5.91 Å². The molecule has 51 heavy (non-hydrogen) atoms. The van der Waals surface area contributed by atoms with Crippen LogP contribution in [0.2, 0.25) is 0 Å². The molecule has 1 fully saturated rings. The lowest BCUT2D eigenvalue weighted by Gasteiger charge is -2.41. The number of ether oxygens (including phenoxy) is 2. The van der Waals surface area contributed by atoms with Gasteiger partial charge in [-0.3, -0.25) is 19.8 Å². The van der Waals surface area contributed by atoms with Crippen molar-refractivity contribution in [3.8, 4) is 0 Å². The number of amides is 2. The first kappa shape index (κ1) is 36.8. The van der Waals surface area contributed by atoms with Crippen molar-refractivity contribution in [1.82, 2.24) is 20.4 Å². The number of nitrogens with one attached hydrogen (secondary N) is 2. The molecule has 2 atom stereocenters. The SMILES string of the molecule is CCOC(=O)C1=C(C)NC(C)=C(OC(=O)NC(C(=O)N2CCN(C(c3ccccc3)c3ccccc3)CC2)C(C)C)C1c1cccc([N+](=O)[O-])c1. The van der Waals surface area contributed by atoms with E-state index in [2.05, 4.69) is 39.8 Å². The third-order valence-corrected chi connectivity index (χ3v) is 9.24. The first-order valence-corrected chi connectivity index (χ1v) is 17.2. The average Bonchev–Trinajstić information content (AvgIpc) is 3.12. The zero-order valence-electron chi connectivity index (χ0n) is 29.6. The number of rotatable bonds is 11. The molecule has 0 bridgehead atoms. The molecule has 2 aliphatic heterocycles. The van der Waals surface area contributed by atoms with Gasteiger partial charge in [-0.15, -0.1) is 0 Å². The summed E-state index contributed by atoms with van der Waals surface area (Å²) in [6, 6.07) is 25.6. The van der Waals surface area contributed by atoms with E-state index in [-0.39, 0.29) is 41.5 Å². The van der Waals surface area contributed by atoms with Gasteiger partial charge in [-0.25, -0.2) is 9.59 Å². The van der Waals surface area contributed by atoms with Gasteiger partial charge in [0.15, 0.2) is 0 Å². The number of alkyl carbamates (subject to hydrolysis) is 1. The second-order valence-corrected chi connectivity index (χ2v) is 13.0. The Balaban J connectivity index is 1.33. The predicted octanol–water partition coefficient (Wildman–Crippen LogP) is 6.03. The molecule has 0 aromatic heterocycles. The van der Waals surface area contributed by atoms with E-state index in [0.29, 0.717) is 43.1 Å². The zero-order valence-corrected chi connectivity index (χ0v) is 29.6. The molecule has 2 aliphatic rings. The van der Waals surface area contributed by atoms with Crippen LogP contribution in [0.15, 0.2) is 108 Å². The maximum absolute atomic E-state index is 14.0. The summed E-state index contributed by atoms with van der Waals surface area (Å²) in [5.41, 5.74) is 3.59. The zero-order chi connectivity index (χ0) is 36.7. The highest BCUT2D eigenvalue weighted by molar-refractivity contribution is 5.93. The van der Waals surface area contributed by atoms with Crippen molar-refractivity contribution in [2.75, 3.05) is 32.8 Å². The number of nitro benzene ring substituents is 1. The van der Waals surface area contributed by atoms with Gasteiger partial charge in [-0.2, -0.15) is 0 Å². The van der Waals surface area contributed by atoms with E-state index in [1.807, 2.05) is 50.2 Å². The smallest absolute Gasteiger partial charge is 0.413 e. The number of non-ortho nitro benzene ring substituents is 1. The van der Waals surface area contributed by atoms with Gasteiger partial charge in [-0.1, -0.05) is 86.6 Å². The third kappa shape index (κ3) is 8.46. The Bertz CT molecular complexity index is 1760. The lowest BCUT2D eigenvalue weighted by atomic mass is 9.85. The highest BCUT2D eigenvalue weighted by Crippen LogP contribution is 2.40. The van der Waals surface area contributed by atoms with E-state index >= 15 is 0 Å². The van der Waals surface area contributed by atoms with Gasteiger partial charge in [0.25, 0.3) is 5.69 Å². The van der Waals surface area contributed by atoms with E-state index in [4.69, 9.17) is 9.47 Å². The van der Waals surface area contributed by atoms with E-state index in [1.165, 1.54) is 29.3 Å². The number of piperazine rings is 1. The summed E-state index contributed by atoms with van der Waals surface area (Å²) in [5, 5.41) is 17.5. The molecule has 3 aromatic rings. The van der Waals surface area contributed by atoms with Gasteiger partial charge >= 0.3 is 12.1 Å². The van der Waals surface area contributed by atoms with Gasteiger partial charge in [0, 0.05) is 44.0 Å². The Kier molecular flexibility index (Phi) is 11.9. The van der Waals surface area contributed by atoms with Gasteiger partial charge < -0.3 is 25.0 Å². The minimum atomic E-state index is -0.987. The van der Waals surface area contributed by atoms with Crippen LogP contribution in [0.5, 0.6) is 0 Å². The number of nitro groups is 1. The Morgan fingerprint density at radius 1 is 0.902 bits per heavy atom. The normalized spacial score (nSPS) is 17.2. The fourth-order valence-electron chi connectivity index (χ4n) is 6.78. The van der Waals surface area contributed by atoms with Crippen molar-refractivity contribution in [2.45, 2.75) is 52.6 Å². The van der Waals surface area contributed by atoms with Gasteiger partial charge in [0.05, 0.1) is 34.8 Å². The topological polar surface area (TPSA) is 143 Å². The van der Waals surface area contributed by atoms with Crippen LogP contribution in [0.1, 0.15) is 63.3 Å². The lowest BCUT2D eigenvalue weighted by molar-refractivity contribution is -0.384. The molecule has 2 heterocycles. The number of nitrogens with zero attached hydrogens (tertiary/aromatic N) is 3. The summed E-state index contributed by atoms with van der Waals surface area (Å²) in [7, 11) is 0. The minimum Gasteiger partial charge on any atom is -0.463 e. The molecule has 12 heteroatoms. The van der Waals surface area contributed by atoms with Gasteiger partial charge in [0.1, 0.15) is 11.8 Å². The highest BCUT2D eigenvalue weighted by Gasteiger charge is 2.39. The quantitative estimate of drug-likeness (QED) is 0.140. The van der Waals surface area contributed by atoms with Crippen LogP contribution in [-0.2, 0) is 19.1 Å². The van der Waals surface area contributed by atoms with Crippen LogP contribution < -0.4 is 10.6 Å². The number of hydrogen-bond acceptors (Lipinski definition) is 9. The fraction of sp³-hybridized carbons (Fsp3) is 0.359. The van der Waals surface area contributed by atoms with Crippen LogP contribution in [0.4, 0.5) is 10.5 Å². The summed E-state index contributed by atoms with van der Waals surface area (Å²) in [6.45, 7) is 11.1. The molecule has 0 aliphatic carbocycles. The Hall–Kier alpha value is -5.49. The molecule has 0 saturated carbocycles. The van der Waals surface area contributed by atoms with Crippen molar-refractivity contribution in [3.05, 3.63) is 134 Å². The van der Waals surface area contributed by atoms with Crippen molar-refractivity contribution < 1.29 is 28.8 Å². The van der Waals surface area contributed by atoms with E-state index < -0.39 is 28.9 Å². The molecule has 3 aromatic carbocycles. The largest absolute Gasteiger partial charge is 0.463 e. The molecular formula is C39H45N5O7. The first-order valence-electron chi connectivity index (χ1n) is 17.2. The van der Waals surface area contributed by atoms with Gasteiger partial charge in [-0.05, 0) is 43.4 Å². The third-order valence-electron chi connectivity index (χ3n) is 9.24. The van der Waals surface area contributed by atoms with Crippen molar-refractivity contribution in [1.29, 1.82) is 0 Å². The number of benzene rings is 3. The van der Waals surface area contributed by atoms with Crippen LogP contribution in [0.3, 0.4) is 0 Å². The number of hydrogen-bond donors (Lipinski definition) is 2. The molecule has 0 spiro atoms. The maximum atomic E-state index is 14.0. The second kappa shape index (κ2) is 16.5. The number of dihydropyridines is 1. The average molecular weight is 696 g/mol.